The first kappa shape index (κ1) is 23.2. The summed E-state index contributed by atoms with van der Waals surface area (Å²) < 4.78 is 6.54. The van der Waals surface area contributed by atoms with Crippen molar-refractivity contribution in [3.63, 3.8) is 0 Å². The molecule has 43 heavy (non-hydrogen) atoms. The zero-order chi connectivity index (χ0) is 28.2. The van der Waals surface area contributed by atoms with E-state index in [1.54, 1.807) is 0 Å². The maximum absolute atomic E-state index is 9.74. The third-order valence-electron chi connectivity index (χ3n) is 9.01. The van der Waals surface area contributed by atoms with Crippen LogP contribution in [-0.2, 0) is 0 Å². The standard InChI is InChI=1S/C37H20BN3OS/c39-21-22-8-5-9-23(18-22)24-19-29-35-30(20-24)41-28-13-2-4-16-33(28)43-34-17-7-11-26(37(34)41)38(35)25-10-6-15-32-36(25)40(29)27-12-1-3-14-31(27)42-32/h1-20H. The summed E-state index contributed by atoms with van der Waals surface area (Å²) in [7, 11) is 0. The van der Waals surface area contributed by atoms with Crippen LogP contribution in [0, 0.1) is 11.3 Å². The highest BCUT2D eigenvalue weighted by Crippen LogP contribution is 2.56. The molecule has 4 aliphatic rings. The van der Waals surface area contributed by atoms with Crippen LogP contribution in [0.15, 0.2) is 131 Å². The monoisotopic (exact) mass is 565 g/mol. The Morgan fingerprint density at radius 3 is 2.12 bits per heavy atom. The average Bonchev–Trinajstić information content (AvgIpc) is 3.06. The molecule has 0 fully saturated rings. The van der Waals surface area contributed by atoms with E-state index in [-0.39, 0.29) is 6.71 Å². The molecule has 6 heteroatoms. The van der Waals surface area contributed by atoms with E-state index in [0.29, 0.717) is 5.56 Å². The molecule has 0 spiro atoms. The molecule has 0 aliphatic carbocycles. The Bertz CT molecular complexity index is 2130. The molecular formula is C37H20BN3OS. The molecule has 0 aromatic heterocycles. The van der Waals surface area contributed by atoms with Crippen molar-refractivity contribution < 1.29 is 4.74 Å². The topological polar surface area (TPSA) is 39.5 Å². The van der Waals surface area contributed by atoms with Gasteiger partial charge in [-0.2, -0.15) is 5.26 Å². The van der Waals surface area contributed by atoms with E-state index in [9.17, 15) is 5.26 Å². The zero-order valence-corrected chi connectivity index (χ0v) is 23.6. The molecule has 198 valence electrons. The van der Waals surface area contributed by atoms with E-state index >= 15 is 0 Å². The molecule has 10 rings (SSSR count). The van der Waals surface area contributed by atoms with Crippen LogP contribution in [0.1, 0.15) is 5.56 Å². The third kappa shape index (κ3) is 3.02. The van der Waals surface area contributed by atoms with Crippen LogP contribution in [0.3, 0.4) is 0 Å². The maximum atomic E-state index is 9.74. The summed E-state index contributed by atoms with van der Waals surface area (Å²) in [6, 6.07) is 45.1. The van der Waals surface area contributed by atoms with Crippen LogP contribution < -0.4 is 30.9 Å². The minimum atomic E-state index is 0.0432. The van der Waals surface area contributed by atoms with E-state index in [4.69, 9.17) is 4.74 Å². The number of para-hydroxylation sites is 5. The van der Waals surface area contributed by atoms with Gasteiger partial charge >= 0.3 is 0 Å². The van der Waals surface area contributed by atoms with Gasteiger partial charge in [0.25, 0.3) is 6.71 Å². The van der Waals surface area contributed by atoms with Gasteiger partial charge in [-0.3, -0.25) is 0 Å². The van der Waals surface area contributed by atoms with E-state index in [1.807, 2.05) is 42.1 Å². The fourth-order valence-corrected chi connectivity index (χ4v) is 8.42. The van der Waals surface area contributed by atoms with Crippen molar-refractivity contribution in [3.05, 3.63) is 127 Å². The number of nitriles is 1. The zero-order valence-electron chi connectivity index (χ0n) is 22.8. The van der Waals surface area contributed by atoms with Crippen molar-refractivity contribution >= 4 is 69.0 Å². The second-order valence-electron chi connectivity index (χ2n) is 11.3. The van der Waals surface area contributed by atoms with Gasteiger partial charge < -0.3 is 14.5 Å². The van der Waals surface area contributed by atoms with Gasteiger partial charge in [0, 0.05) is 21.2 Å². The normalized spacial score (nSPS) is 14.0. The van der Waals surface area contributed by atoms with E-state index in [0.717, 1.165) is 39.7 Å². The fourth-order valence-electron chi connectivity index (χ4n) is 7.32. The van der Waals surface area contributed by atoms with Gasteiger partial charge in [-0.1, -0.05) is 72.4 Å². The number of hydrogen-bond acceptors (Lipinski definition) is 5. The Kier molecular flexibility index (Phi) is 4.51. The molecular weight excluding hydrogens is 545 g/mol. The van der Waals surface area contributed by atoms with Crippen LogP contribution >= 0.6 is 11.8 Å². The van der Waals surface area contributed by atoms with Crippen LogP contribution in [0.25, 0.3) is 11.1 Å². The van der Waals surface area contributed by atoms with Crippen molar-refractivity contribution in [3.8, 4) is 28.7 Å². The van der Waals surface area contributed by atoms with E-state index in [1.165, 1.54) is 43.2 Å². The molecule has 0 N–H and O–H groups in total. The number of fused-ring (bicyclic) bond motifs is 8. The summed E-state index contributed by atoms with van der Waals surface area (Å²) in [4.78, 5) is 7.38. The SMILES string of the molecule is N#Cc1cccc(-c2cc3c4c(c2)N2c5ccccc5Sc5cccc(c52)B4c2cccc4c2N3c2ccccc2O4)c1. The van der Waals surface area contributed by atoms with Crippen molar-refractivity contribution in [1.29, 1.82) is 5.26 Å². The fraction of sp³-hybridized carbons (Fsp3) is 0. The molecule has 6 aromatic rings. The van der Waals surface area contributed by atoms with Gasteiger partial charge in [-0.15, -0.1) is 0 Å². The van der Waals surface area contributed by atoms with Crippen molar-refractivity contribution in [1.82, 2.24) is 0 Å². The predicted molar refractivity (Wildman–Crippen MR) is 175 cm³/mol. The lowest BCUT2D eigenvalue weighted by molar-refractivity contribution is 0.477. The summed E-state index contributed by atoms with van der Waals surface area (Å²) in [6.07, 6.45) is 0. The van der Waals surface area contributed by atoms with Gasteiger partial charge in [-0.25, -0.2) is 0 Å². The molecule has 0 unspecified atom stereocenters. The maximum Gasteiger partial charge on any atom is 0.252 e. The number of hydrogen-bond donors (Lipinski definition) is 0. The number of ether oxygens (including phenoxy) is 1. The largest absolute Gasteiger partial charge is 0.453 e. The molecule has 4 aliphatic heterocycles. The lowest BCUT2D eigenvalue weighted by atomic mass is 9.33. The van der Waals surface area contributed by atoms with Crippen molar-refractivity contribution in [2.45, 2.75) is 9.79 Å². The second-order valence-corrected chi connectivity index (χ2v) is 12.3. The summed E-state index contributed by atoms with van der Waals surface area (Å²) >= 11 is 1.84. The Morgan fingerprint density at radius 1 is 0.581 bits per heavy atom. The predicted octanol–water partition coefficient (Wildman–Crippen LogP) is 7.88. The quantitative estimate of drug-likeness (QED) is 0.190. The highest BCUT2D eigenvalue weighted by Gasteiger charge is 2.47. The highest BCUT2D eigenvalue weighted by molar-refractivity contribution is 7.99. The van der Waals surface area contributed by atoms with Crippen LogP contribution in [0.2, 0.25) is 0 Å². The smallest absolute Gasteiger partial charge is 0.252 e. The Hall–Kier alpha value is -5.38. The molecule has 0 bridgehead atoms. The van der Waals surface area contributed by atoms with Gasteiger partial charge in [0.1, 0.15) is 0 Å². The van der Waals surface area contributed by atoms with Gasteiger partial charge in [0.05, 0.1) is 34.4 Å². The Labute approximate surface area is 253 Å². The molecule has 4 heterocycles. The number of anilines is 6. The van der Waals surface area contributed by atoms with Crippen molar-refractivity contribution in [2.24, 2.45) is 0 Å². The first-order valence-electron chi connectivity index (χ1n) is 14.4. The molecule has 0 atom stereocenters. The first-order chi connectivity index (χ1) is 21.3. The number of benzene rings is 6. The van der Waals surface area contributed by atoms with Crippen LogP contribution in [-0.4, -0.2) is 6.71 Å². The average molecular weight is 565 g/mol. The van der Waals surface area contributed by atoms with Gasteiger partial charge in [0.2, 0.25) is 0 Å². The van der Waals surface area contributed by atoms with Crippen LogP contribution in [0.4, 0.5) is 34.1 Å². The number of nitrogens with zero attached hydrogens (tertiary/aromatic N) is 3. The summed E-state index contributed by atoms with van der Waals surface area (Å²) in [5.41, 5.74) is 13.5. The molecule has 0 saturated carbocycles. The molecule has 0 radical (unpaired) electrons. The highest BCUT2D eigenvalue weighted by atomic mass is 32.2. The summed E-state index contributed by atoms with van der Waals surface area (Å²) in [6.45, 7) is 0.0432. The minimum Gasteiger partial charge on any atom is -0.453 e. The van der Waals surface area contributed by atoms with E-state index < -0.39 is 0 Å². The molecule has 0 amide bonds. The second kappa shape index (κ2) is 8.35. The van der Waals surface area contributed by atoms with E-state index in [2.05, 4.69) is 107 Å². The van der Waals surface area contributed by atoms with Crippen molar-refractivity contribution in [2.75, 3.05) is 9.80 Å². The summed E-state index contributed by atoms with van der Waals surface area (Å²) in [5.74, 6) is 1.71. The number of rotatable bonds is 1. The molecule has 6 aromatic carbocycles. The van der Waals surface area contributed by atoms with Gasteiger partial charge in [-0.05, 0) is 88.2 Å². The summed E-state index contributed by atoms with van der Waals surface area (Å²) in [5, 5.41) is 9.74. The van der Waals surface area contributed by atoms with Crippen LogP contribution in [0.5, 0.6) is 11.5 Å². The lowest BCUT2D eigenvalue weighted by Gasteiger charge is -2.47. The molecule has 4 nitrogen and oxygen atoms in total. The van der Waals surface area contributed by atoms with Gasteiger partial charge in [0.15, 0.2) is 11.5 Å². The minimum absolute atomic E-state index is 0.0432. The molecule has 0 saturated heterocycles. The lowest BCUT2D eigenvalue weighted by Crippen LogP contribution is -2.62. The third-order valence-corrected chi connectivity index (χ3v) is 10.1. The first-order valence-corrected chi connectivity index (χ1v) is 15.2. The Morgan fingerprint density at radius 2 is 1.26 bits per heavy atom. The Balaban J connectivity index is 1.37.